The van der Waals surface area contributed by atoms with Crippen molar-refractivity contribution in [2.45, 2.75) is 104 Å². The highest BCUT2D eigenvalue weighted by atomic mass is 16.4. The molecule has 0 radical (unpaired) electrons. The van der Waals surface area contributed by atoms with E-state index in [1.54, 1.807) is 27.7 Å². The maximum absolute atomic E-state index is 13.0. The van der Waals surface area contributed by atoms with Crippen LogP contribution in [-0.2, 0) is 9.59 Å². The standard InChI is InChI=1S/C23H44O8/c1-5-11-21(12-6-2,19(28)29)23(17(26)9-15-24,18(27)10-16-25)22(13-7-3,14-8-4)20(30)31/h17-18,24-27H,5-16H2,1-4H3,(H,28,29)(H,30,31). The van der Waals surface area contributed by atoms with Crippen molar-refractivity contribution in [1.29, 1.82) is 0 Å². The molecule has 6 N–H and O–H groups in total. The van der Waals surface area contributed by atoms with Gasteiger partial charge in [-0.25, -0.2) is 0 Å². The monoisotopic (exact) mass is 448 g/mol. The van der Waals surface area contributed by atoms with E-state index < -0.39 is 53.6 Å². The Hall–Kier alpha value is -1.22. The Bertz CT molecular complexity index is 488. The highest BCUT2D eigenvalue weighted by molar-refractivity contribution is 5.82. The zero-order chi connectivity index (χ0) is 24.3. The van der Waals surface area contributed by atoms with Gasteiger partial charge in [-0.3, -0.25) is 9.59 Å². The van der Waals surface area contributed by atoms with E-state index in [9.17, 15) is 40.2 Å². The lowest BCUT2D eigenvalue weighted by molar-refractivity contribution is -0.248. The van der Waals surface area contributed by atoms with E-state index in [4.69, 9.17) is 0 Å². The van der Waals surface area contributed by atoms with Crippen LogP contribution in [0.1, 0.15) is 91.9 Å². The first-order valence-electron chi connectivity index (χ1n) is 11.6. The molecule has 0 bridgehead atoms. The Morgan fingerprint density at radius 1 is 0.645 bits per heavy atom. The zero-order valence-corrected chi connectivity index (χ0v) is 19.6. The van der Waals surface area contributed by atoms with Gasteiger partial charge < -0.3 is 30.6 Å². The fourth-order valence-corrected chi connectivity index (χ4v) is 6.22. The molecule has 0 aliphatic rings. The third-order valence-electron chi connectivity index (χ3n) is 6.97. The molecule has 0 aromatic heterocycles. The van der Waals surface area contributed by atoms with Crippen LogP contribution >= 0.6 is 0 Å². The lowest BCUT2D eigenvalue weighted by Gasteiger charge is -2.61. The van der Waals surface area contributed by atoms with E-state index in [1.807, 2.05) is 0 Å². The first-order valence-corrected chi connectivity index (χ1v) is 11.6. The van der Waals surface area contributed by atoms with Crippen molar-refractivity contribution in [1.82, 2.24) is 0 Å². The van der Waals surface area contributed by atoms with Crippen molar-refractivity contribution in [2.75, 3.05) is 13.2 Å². The molecular weight excluding hydrogens is 404 g/mol. The molecular formula is C23H44O8. The summed E-state index contributed by atoms with van der Waals surface area (Å²) >= 11 is 0. The Kier molecular flexibility index (Phi) is 12.8. The Morgan fingerprint density at radius 3 is 1.06 bits per heavy atom. The van der Waals surface area contributed by atoms with Gasteiger partial charge in [0, 0.05) is 13.2 Å². The number of carboxylic acids is 2. The predicted octanol–water partition coefficient (Wildman–Crippen LogP) is 2.80. The number of aliphatic hydroxyl groups is 4. The summed E-state index contributed by atoms with van der Waals surface area (Å²) in [7, 11) is 0. The van der Waals surface area contributed by atoms with Crippen molar-refractivity contribution in [2.24, 2.45) is 16.2 Å². The second-order valence-electron chi connectivity index (χ2n) is 8.70. The molecule has 0 amide bonds. The number of hydrogen-bond acceptors (Lipinski definition) is 6. The first-order chi connectivity index (χ1) is 14.6. The second-order valence-corrected chi connectivity index (χ2v) is 8.70. The topological polar surface area (TPSA) is 156 Å². The van der Waals surface area contributed by atoms with Crippen LogP contribution in [0, 0.1) is 16.2 Å². The van der Waals surface area contributed by atoms with Crippen LogP contribution in [0.5, 0.6) is 0 Å². The van der Waals surface area contributed by atoms with Crippen LogP contribution in [0.3, 0.4) is 0 Å². The lowest BCUT2D eigenvalue weighted by atomic mass is 9.41. The molecule has 0 rings (SSSR count). The zero-order valence-electron chi connectivity index (χ0n) is 19.6. The molecule has 0 saturated heterocycles. The summed E-state index contributed by atoms with van der Waals surface area (Å²) in [6.45, 7) is 6.18. The van der Waals surface area contributed by atoms with Crippen LogP contribution in [0.25, 0.3) is 0 Å². The van der Waals surface area contributed by atoms with Crippen LogP contribution in [0.4, 0.5) is 0 Å². The van der Waals surface area contributed by atoms with Crippen LogP contribution < -0.4 is 0 Å². The average Bonchev–Trinajstić information content (AvgIpc) is 2.68. The lowest BCUT2D eigenvalue weighted by Crippen LogP contribution is -2.70. The minimum absolute atomic E-state index is 0.0591. The molecule has 0 spiro atoms. The molecule has 0 saturated carbocycles. The minimum Gasteiger partial charge on any atom is -0.481 e. The van der Waals surface area contributed by atoms with E-state index in [2.05, 4.69) is 0 Å². The predicted molar refractivity (Wildman–Crippen MR) is 118 cm³/mol. The molecule has 2 unspecified atom stereocenters. The smallest absolute Gasteiger partial charge is 0.310 e. The van der Waals surface area contributed by atoms with E-state index in [1.165, 1.54) is 0 Å². The van der Waals surface area contributed by atoms with E-state index >= 15 is 0 Å². The fraction of sp³-hybridized carbons (Fsp3) is 0.913. The molecule has 2 atom stereocenters. The van der Waals surface area contributed by atoms with Gasteiger partial charge in [0.2, 0.25) is 0 Å². The maximum Gasteiger partial charge on any atom is 0.310 e. The van der Waals surface area contributed by atoms with Gasteiger partial charge in [0.15, 0.2) is 0 Å². The number of carboxylic acid groups (broad SMARTS) is 2. The molecule has 0 fully saturated rings. The van der Waals surface area contributed by atoms with Crippen LogP contribution in [0.15, 0.2) is 0 Å². The summed E-state index contributed by atoms with van der Waals surface area (Å²) < 4.78 is 0. The van der Waals surface area contributed by atoms with Crippen LogP contribution in [-0.4, -0.2) is 68.0 Å². The average molecular weight is 449 g/mol. The van der Waals surface area contributed by atoms with Gasteiger partial charge in [-0.1, -0.05) is 53.4 Å². The summed E-state index contributed by atoms with van der Waals surface area (Å²) in [4.78, 5) is 26.0. The molecule has 0 heterocycles. The molecule has 0 aliphatic heterocycles. The van der Waals surface area contributed by atoms with Gasteiger partial charge in [0.05, 0.1) is 28.5 Å². The van der Waals surface area contributed by atoms with Gasteiger partial charge in [-0.15, -0.1) is 0 Å². The molecule has 0 aliphatic carbocycles. The highest BCUT2D eigenvalue weighted by Crippen LogP contribution is 2.65. The van der Waals surface area contributed by atoms with Crippen LogP contribution in [0.2, 0.25) is 0 Å². The summed E-state index contributed by atoms with van der Waals surface area (Å²) in [6.07, 6.45) is -1.88. The Balaban J connectivity index is 7.82. The Morgan fingerprint density at radius 2 is 0.903 bits per heavy atom. The van der Waals surface area contributed by atoms with Gasteiger partial charge in [-0.05, 0) is 38.5 Å². The molecule has 8 nitrogen and oxygen atoms in total. The highest BCUT2D eigenvalue weighted by Gasteiger charge is 2.72. The van der Waals surface area contributed by atoms with Crippen molar-refractivity contribution < 1.29 is 40.2 Å². The number of aliphatic hydroxyl groups excluding tert-OH is 4. The number of aliphatic carboxylic acids is 2. The Labute approximate surface area is 186 Å². The minimum atomic E-state index is -2.01. The van der Waals surface area contributed by atoms with E-state index in [0.29, 0.717) is 25.7 Å². The van der Waals surface area contributed by atoms with Crippen molar-refractivity contribution in [3.05, 3.63) is 0 Å². The van der Waals surface area contributed by atoms with Crippen molar-refractivity contribution >= 4 is 11.9 Å². The SMILES string of the molecule is CCCC(CCC)(C(=O)O)C(C(O)CCO)(C(O)CCO)C(CCC)(CCC)C(=O)O. The van der Waals surface area contributed by atoms with Gasteiger partial charge in [0.1, 0.15) is 0 Å². The van der Waals surface area contributed by atoms with Crippen molar-refractivity contribution in [3.8, 4) is 0 Å². The molecule has 8 heteroatoms. The molecule has 0 aromatic rings. The van der Waals surface area contributed by atoms with Crippen molar-refractivity contribution in [3.63, 3.8) is 0 Å². The number of hydrogen-bond donors (Lipinski definition) is 6. The van der Waals surface area contributed by atoms with Gasteiger partial charge in [-0.2, -0.15) is 0 Å². The first kappa shape index (κ1) is 29.8. The summed E-state index contributed by atoms with van der Waals surface area (Å²) in [5.41, 5.74) is -5.54. The molecule has 0 aromatic carbocycles. The quantitative estimate of drug-likeness (QED) is 0.187. The molecule has 31 heavy (non-hydrogen) atoms. The van der Waals surface area contributed by atoms with Gasteiger partial charge in [0.25, 0.3) is 0 Å². The summed E-state index contributed by atoms with van der Waals surface area (Å²) in [5, 5.41) is 63.5. The normalized spacial score (nSPS) is 15.0. The van der Waals surface area contributed by atoms with Gasteiger partial charge >= 0.3 is 11.9 Å². The number of rotatable bonds is 18. The largest absolute Gasteiger partial charge is 0.481 e. The third-order valence-corrected chi connectivity index (χ3v) is 6.97. The summed E-state index contributed by atoms with van der Waals surface area (Å²) in [5.74, 6) is -2.52. The number of carbonyl (C=O) groups is 2. The second kappa shape index (κ2) is 13.4. The third kappa shape index (κ3) is 5.24. The van der Waals surface area contributed by atoms with E-state index in [-0.39, 0.29) is 38.5 Å². The molecule has 184 valence electrons. The fourth-order valence-electron chi connectivity index (χ4n) is 6.22. The maximum atomic E-state index is 13.0. The van der Waals surface area contributed by atoms with E-state index in [0.717, 1.165) is 0 Å². The summed E-state index contributed by atoms with van der Waals surface area (Å²) in [6, 6.07) is 0.